The maximum Gasteiger partial charge on any atom is 0.305 e. The molecule has 0 aliphatic heterocycles. The first-order valence-electron chi connectivity index (χ1n) is 10.8. The Kier molecular flexibility index (Phi) is 22.1. The van der Waals surface area contributed by atoms with Crippen molar-refractivity contribution in [2.24, 2.45) is 0 Å². The first-order valence-corrected chi connectivity index (χ1v) is 10.8. The Balaban J connectivity index is 3.29. The normalized spacial score (nSPS) is 10.8. The minimum absolute atomic E-state index is 0.238. The van der Waals surface area contributed by atoms with E-state index < -0.39 is 0 Å². The van der Waals surface area contributed by atoms with Crippen LogP contribution in [0.2, 0.25) is 0 Å². The zero-order valence-corrected chi connectivity index (χ0v) is 18.3. The Morgan fingerprint density at radius 3 is 1.21 bits per heavy atom. The first kappa shape index (κ1) is 27.8. The lowest BCUT2D eigenvalue weighted by atomic mass is 10.1. The zero-order valence-electron chi connectivity index (χ0n) is 18.3. The number of rotatable bonds is 22. The van der Waals surface area contributed by atoms with Gasteiger partial charge in [0.05, 0.1) is 39.6 Å². The largest absolute Gasteiger partial charge is 0.463 e. The van der Waals surface area contributed by atoms with Crippen LogP contribution in [0.4, 0.5) is 0 Å². The van der Waals surface area contributed by atoms with E-state index in [1.54, 1.807) is 0 Å². The van der Waals surface area contributed by atoms with Crippen molar-refractivity contribution >= 4 is 11.9 Å². The van der Waals surface area contributed by atoms with Gasteiger partial charge in [0.25, 0.3) is 0 Å². The summed E-state index contributed by atoms with van der Waals surface area (Å²) in [4.78, 5) is 23.2. The van der Waals surface area contributed by atoms with E-state index in [0.29, 0.717) is 65.3 Å². The molecule has 0 aromatic heterocycles. The Morgan fingerprint density at radius 2 is 0.828 bits per heavy atom. The van der Waals surface area contributed by atoms with Crippen LogP contribution in [0.25, 0.3) is 0 Å². The van der Waals surface area contributed by atoms with Crippen LogP contribution >= 0.6 is 0 Å². The van der Waals surface area contributed by atoms with Gasteiger partial charge in [0.2, 0.25) is 0 Å². The van der Waals surface area contributed by atoms with Gasteiger partial charge in [-0.25, -0.2) is 0 Å². The molecule has 0 aromatic rings. The van der Waals surface area contributed by atoms with Crippen molar-refractivity contribution in [3.8, 4) is 0 Å². The van der Waals surface area contributed by atoms with Crippen LogP contribution in [0, 0.1) is 0 Å². The standard InChI is InChI=1S/C21H40O8/c1-3-10-24-12-14-26-16-18-28-20(22)8-6-5-7-9-21(23)29-19-17-27-15-13-25-11-4-2/h3-19H2,1-2H3. The summed E-state index contributed by atoms with van der Waals surface area (Å²) in [6, 6.07) is 0. The van der Waals surface area contributed by atoms with Gasteiger partial charge in [0.15, 0.2) is 0 Å². The van der Waals surface area contributed by atoms with E-state index in [-0.39, 0.29) is 25.2 Å². The molecule has 0 saturated heterocycles. The maximum absolute atomic E-state index is 11.6. The van der Waals surface area contributed by atoms with Crippen molar-refractivity contribution in [2.45, 2.75) is 58.8 Å². The quantitative estimate of drug-likeness (QED) is 0.195. The fourth-order valence-electron chi connectivity index (χ4n) is 2.22. The molecular formula is C21H40O8. The Morgan fingerprint density at radius 1 is 0.483 bits per heavy atom. The van der Waals surface area contributed by atoms with E-state index in [9.17, 15) is 9.59 Å². The minimum Gasteiger partial charge on any atom is -0.463 e. The number of hydrogen-bond donors (Lipinski definition) is 0. The summed E-state index contributed by atoms with van der Waals surface area (Å²) in [5.41, 5.74) is 0. The molecule has 0 N–H and O–H groups in total. The van der Waals surface area contributed by atoms with Crippen molar-refractivity contribution in [1.29, 1.82) is 0 Å². The van der Waals surface area contributed by atoms with E-state index in [1.165, 1.54) is 0 Å². The topological polar surface area (TPSA) is 89.5 Å². The van der Waals surface area contributed by atoms with Crippen molar-refractivity contribution in [3.63, 3.8) is 0 Å². The highest BCUT2D eigenvalue weighted by atomic mass is 16.6. The molecule has 0 aromatic carbocycles. The van der Waals surface area contributed by atoms with E-state index >= 15 is 0 Å². The number of unbranched alkanes of at least 4 members (excludes halogenated alkanes) is 2. The molecule has 0 spiro atoms. The molecule has 0 unspecified atom stereocenters. The average Bonchev–Trinajstić information content (AvgIpc) is 2.71. The van der Waals surface area contributed by atoms with E-state index in [0.717, 1.165) is 32.5 Å². The van der Waals surface area contributed by atoms with Crippen molar-refractivity contribution in [2.75, 3.05) is 66.1 Å². The summed E-state index contributed by atoms with van der Waals surface area (Å²) >= 11 is 0. The molecule has 0 aliphatic carbocycles. The molecular weight excluding hydrogens is 380 g/mol. The summed E-state index contributed by atoms with van der Waals surface area (Å²) in [5, 5.41) is 0. The van der Waals surface area contributed by atoms with Gasteiger partial charge in [0, 0.05) is 26.1 Å². The molecule has 0 atom stereocenters. The highest BCUT2D eigenvalue weighted by Crippen LogP contribution is 2.05. The lowest BCUT2D eigenvalue weighted by molar-refractivity contribution is -0.145. The van der Waals surface area contributed by atoms with Crippen LogP contribution in [0.1, 0.15) is 58.8 Å². The molecule has 29 heavy (non-hydrogen) atoms. The summed E-state index contributed by atoms with van der Waals surface area (Å²) in [6.07, 6.45) is 4.84. The summed E-state index contributed by atoms with van der Waals surface area (Å²) in [5.74, 6) is -0.475. The van der Waals surface area contributed by atoms with Gasteiger partial charge in [-0.15, -0.1) is 0 Å². The molecule has 0 aliphatic rings. The monoisotopic (exact) mass is 420 g/mol. The fraction of sp³-hybridized carbons (Fsp3) is 0.905. The lowest BCUT2D eigenvalue weighted by Gasteiger charge is -2.07. The number of carbonyl (C=O) groups is 2. The third-order valence-electron chi connectivity index (χ3n) is 3.68. The molecule has 172 valence electrons. The van der Waals surface area contributed by atoms with Crippen molar-refractivity contribution < 1.29 is 38.0 Å². The predicted molar refractivity (Wildman–Crippen MR) is 109 cm³/mol. The fourth-order valence-corrected chi connectivity index (χ4v) is 2.22. The second-order valence-corrected chi connectivity index (χ2v) is 6.45. The van der Waals surface area contributed by atoms with Crippen LogP contribution in [0.5, 0.6) is 0 Å². The molecule has 0 radical (unpaired) electrons. The summed E-state index contributed by atoms with van der Waals surface area (Å²) < 4.78 is 31.3. The molecule has 0 saturated carbocycles. The number of hydrogen-bond acceptors (Lipinski definition) is 8. The van der Waals surface area contributed by atoms with Gasteiger partial charge in [-0.2, -0.15) is 0 Å². The lowest BCUT2D eigenvalue weighted by Crippen LogP contribution is -2.13. The van der Waals surface area contributed by atoms with E-state index in [4.69, 9.17) is 28.4 Å². The second-order valence-electron chi connectivity index (χ2n) is 6.45. The number of carbonyl (C=O) groups excluding carboxylic acids is 2. The molecule has 0 bridgehead atoms. The van der Waals surface area contributed by atoms with E-state index in [1.807, 2.05) is 0 Å². The van der Waals surface area contributed by atoms with Crippen LogP contribution in [-0.2, 0) is 38.0 Å². The highest BCUT2D eigenvalue weighted by Gasteiger charge is 2.05. The summed E-state index contributed by atoms with van der Waals surface area (Å²) in [7, 11) is 0. The van der Waals surface area contributed by atoms with Crippen LogP contribution in [0.3, 0.4) is 0 Å². The van der Waals surface area contributed by atoms with Crippen LogP contribution < -0.4 is 0 Å². The third kappa shape index (κ3) is 22.9. The van der Waals surface area contributed by atoms with Crippen molar-refractivity contribution in [1.82, 2.24) is 0 Å². The Labute approximate surface area is 175 Å². The number of ether oxygens (including phenoxy) is 6. The smallest absolute Gasteiger partial charge is 0.305 e. The summed E-state index contributed by atoms with van der Waals surface area (Å²) in [6.45, 7) is 8.98. The van der Waals surface area contributed by atoms with Gasteiger partial charge >= 0.3 is 11.9 Å². The highest BCUT2D eigenvalue weighted by molar-refractivity contribution is 5.69. The molecule has 8 heteroatoms. The average molecular weight is 421 g/mol. The van der Waals surface area contributed by atoms with Gasteiger partial charge in [-0.3, -0.25) is 9.59 Å². The molecule has 0 rings (SSSR count). The first-order chi connectivity index (χ1) is 14.2. The molecule has 0 heterocycles. The van der Waals surface area contributed by atoms with E-state index in [2.05, 4.69) is 13.8 Å². The SMILES string of the molecule is CCCOCCOCCOC(=O)CCCCCC(=O)OCCOCCOCCC. The second kappa shape index (κ2) is 23.1. The Bertz CT molecular complexity index is 342. The predicted octanol–water partition coefficient (Wildman–Crippen LogP) is 2.91. The molecule has 8 nitrogen and oxygen atoms in total. The van der Waals surface area contributed by atoms with Crippen LogP contribution in [-0.4, -0.2) is 78.0 Å². The minimum atomic E-state index is -0.238. The van der Waals surface area contributed by atoms with Gasteiger partial charge in [-0.1, -0.05) is 20.3 Å². The molecule has 0 amide bonds. The third-order valence-corrected chi connectivity index (χ3v) is 3.68. The number of esters is 2. The van der Waals surface area contributed by atoms with Crippen molar-refractivity contribution in [3.05, 3.63) is 0 Å². The van der Waals surface area contributed by atoms with Gasteiger partial charge in [-0.05, 0) is 25.7 Å². The maximum atomic E-state index is 11.6. The zero-order chi connectivity index (χ0) is 21.4. The van der Waals surface area contributed by atoms with Gasteiger partial charge < -0.3 is 28.4 Å². The Hall–Kier alpha value is -1.22. The van der Waals surface area contributed by atoms with Crippen LogP contribution in [0.15, 0.2) is 0 Å². The van der Waals surface area contributed by atoms with Gasteiger partial charge in [0.1, 0.15) is 13.2 Å². The molecule has 0 fully saturated rings.